The van der Waals surface area contributed by atoms with E-state index in [1.807, 2.05) is 36.7 Å². The Balaban J connectivity index is 1.97. The molecule has 0 radical (unpaired) electrons. The fourth-order valence-electron chi connectivity index (χ4n) is 3.06. The van der Waals surface area contributed by atoms with Crippen LogP contribution in [0.4, 0.5) is 0 Å². The van der Waals surface area contributed by atoms with E-state index in [1.165, 1.54) is 0 Å². The third kappa shape index (κ3) is 2.57. The van der Waals surface area contributed by atoms with E-state index in [0.29, 0.717) is 11.4 Å². The van der Waals surface area contributed by atoms with Gasteiger partial charge in [-0.05, 0) is 44.9 Å². The molecule has 1 aliphatic heterocycles. The molecular weight excluding hydrogens is 298 g/mol. The van der Waals surface area contributed by atoms with Crippen LogP contribution >= 0.6 is 0 Å². The van der Waals surface area contributed by atoms with Gasteiger partial charge in [0.05, 0.1) is 16.6 Å². The van der Waals surface area contributed by atoms with Crippen LogP contribution in [0, 0.1) is 6.92 Å². The molecule has 6 heteroatoms. The highest BCUT2D eigenvalue weighted by molar-refractivity contribution is 7.89. The second-order valence-electron chi connectivity index (χ2n) is 5.66. The first kappa shape index (κ1) is 15.2. The Bertz CT molecular complexity index is 750. The number of nitrogens with zero attached hydrogens (tertiary/aromatic N) is 3. The Hall–Kier alpha value is -1.66. The van der Waals surface area contributed by atoms with Crippen LogP contribution in [-0.4, -0.2) is 29.0 Å². The lowest BCUT2D eigenvalue weighted by Crippen LogP contribution is -2.31. The van der Waals surface area contributed by atoms with Gasteiger partial charge in [0, 0.05) is 19.3 Å². The largest absolute Gasteiger partial charge is 0.268 e. The number of hydrogen-bond acceptors (Lipinski definition) is 3. The lowest BCUT2D eigenvalue weighted by molar-refractivity contribution is 0.376. The Morgan fingerprint density at radius 3 is 2.64 bits per heavy atom. The van der Waals surface area contributed by atoms with E-state index in [2.05, 4.69) is 5.10 Å². The molecule has 22 heavy (non-hydrogen) atoms. The molecule has 1 atom stereocenters. The first-order valence-electron chi connectivity index (χ1n) is 7.64. The van der Waals surface area contributed by atoms with E-state index in [4.69, 9.17) is 0 Å². The Morgan fingerprint density at radius 2 is 1.95 bits per heavy atom. The van der Waals surface area contributed by atoms with E-state index < -0.39 is 10.0 Å². The van der Waals surface area contributed by atoms with Crippen LogP contribution in [-0.2, 0) is 16.6 Å². The number of hydrogen-bond donors (Lipinski definition) is 0. The van der Waals surface area contributed by atoms with E-state index in [0.717, 1.165) is 30.6 Å². The van der Waals surface area contributed by atoms with Crippen molar-refractivity contribution in [1.29, 1.82) is 0 Å². The Labute approximate surface area is 131 Å². The van der Waals surface area contributed by atoms with Crippen molar-refractivity contribution in [2.24, 2.45) is 0 Å². The summed E-state index contributed by atoms with van der Waals surface area (Å²) >= 11 is 0. The summed E-state index contributed by atoms with van der Waals surface area (Å²) in [4.78, 5) is 0.368. The summed E-state index contributed by atoms with van der Waals surface area (Å²) in [6, 6.07) is 8.88. The molecule has 2 aromatic rings. The summed E-state index contributed by atoms with van der Waals surface area (Å²) in [6.45, 7) is 5.28. The van der Waals surface area contributed by atoms with Crippen LogP contribution in [0.3, 0.4) is 0 Å². The molecule has 0 saturated carbocycles. The van der Waals surface area contributed by atoms with Crippen LogP contribution in [0.15, 0.2) is 41.4 Å². The zero-order valence-electron chi connectivity index (χ0n) is 12.9. The minimum absolute atomic E-state index is 0.117. The van der Waals surface area contributed by atoms with E-state index in [1.54, 1.807) is 22.6 Å². The summed E-state index contributed by atoms with van der Waals surface area (Å²) in [5.74, 6) is 0. The predicted octanol–water partition coefficient (Wildman–Crippen LogP) is 2.74. The summed E-state index contributed by atoms with van der Waals surface area (Å²) in [5, 5.41) is 4.28. The molecule has 0 aliphatic carbocycles. The average Bonchev–Trinajstić information content (AvgIpc) is 3.16. The molecule has 0 N–H and O–H groups in total. The molecule has 3 rings (SSSR count). The zero-order valence-corrected chi connectivity index (χ0v) is 13.8. The van der Waals surface area contributed by atoms with Crippen molar-refractivity contribution in [1.82, 2.24) is 14.1 Å². The second kappa shape index (κ2) is 5.85. The third-order valence-electron chi connectivity index (χ3n) is 4.22. The molecule has 1 saturated heterocycles. The van der Waals surface area contributed by atoms with Gasteiger partial charge in [0.1, 0.15) is 0 Å². The molecule has 0 spiro atoms. The minimum atomic E-state index is -3.46. The average molecular weight is 319 g/mol. The highest BCUT2D eigenvalue weighted by Crippen LogP contribution is 2.36. The molecular formula is C16H21N3O2S. The molecule has 1 aromatic heterocycles. The molecule has 1 fully saturated rings. The monoisotopic (exact) mass is 319 g/mol. The maximum Gasteiger partial charge on any atom is 0.243 e. The number of aryl methyl sites for hydroxylation is 2. The first-order valence-corrected chi connectivity index (χ1v) is 9.08. The zero-order chi connectivity index (χ0) is 15.7. The number of rotatable bonds is 4. The van der Waals surface area contributed by atoms with Gasteiger partial charge in [-0.1, -0.05) is 17.7 Å². The van der Waals surface area contributed by atoms with Crippen molar-refractivity contribution in [3.05, 3.63) is 47.8 Å². The molecule has 5 nitrogen and oxygen atoms in total. The molecule has 1 aliphatic rings. The summed E-state index contributed by atoms with van der Waals surface area (Å²) < 4.78 is 29.4. The minimum Gasteiger partial charge on any atom is -0.268 e. The molecule has 0 amide bonds. The van der Waals surface area contributed by atoms with Crippen LogP contribution < -0.4 is 0 Å². The van der Waals surface area contributed by atoms with Crippen LogP contribution in [0.25, 0.3) is 0 Å². The van der Waals surface area contributed by atoms with Gasteiger partial charge in [0.2, 0.25) is 10.0 Å². The molecule has 0 bridgehead atoms. The van der Waals surface area contributed by atoms with Gasteiger partial charge in [-0.15, -0.1) is 0 Å². The SMILES string of the molecule is CCn1nccc1[C@H]1CCCN1S(=O)(=O)c1ccc(C)cc1. The number of sulfonamides is 1. The second-order valence-corrected chi connectivity index (χ2v) is 7.55. The van der Waals surface area contributed by atoms with Crippen LogP contribution in [0.5, 0.6) is 0 Å². The Kier molecular flexibility index (Phi) is 4.06. The molecule has 118 valence electrons. The van der Waals surface area contributed by atoms with Gasteiger partial charge in [0.15, 0.2) is 0 Å². The normalized spacial score (nSPS) is 19.6. The fourth-order valence-corrected chi connectivity index (χ4v) is 4.73. The van der Waals surface area contributed by atoms with E-state index in [9.17, 15) is 8.42 Å². The highest BCUT2D eigenvalue weighted by Gasteiger charge is 2.37. The van der Waals surface area contributed by atoms with Gasteiger partial charge < -0.3 is 0 Å². The fraction of sp³-hybridized carbons (Fsp3) is 0.438. The summed E-state index contributed by atoms with van der Waals surface area (Å²) in [5.41, 5.74) is 2.04. The van der Waals surface area contributed by atoms with Gasteiger partial charge in [-0.2, -0.15) is 9.40 Å². The van der Waals surface area contributed by atoms with Crippen molar-refractivity contribution >= 4 is 10.0 Å². The summed E-state index contributed by atoms with van der Waals surface area (Å²) in [6.07, 6.45) is 3.47. The standard InChI is InChI=1S/C16H21N3O2S/c1-3-18-15(10-11-17-18)16-5-4-12-19(16)22(20,21)14-8-6-13(2)7-9-14/h6-11,16H,3-5,12H2,1-2H3/t16-/m1/s1. The van der Waals surface area contributed by atoms with Crippen molar-refractivity contribution in [2.75, 3.05) is 6.54 Å². The highest BCUT2D eigenvalue weighted by atomic mass is 32.2. The van der Waals surface area contributed by atoms with Gasteiger partial charge >= 0.3 is 0 Å². The molecule has 2 heterocycles. The Morgan fingerprint density at radius 1 is 1.23 bits per heavy atom. The van der Waals surface area contributed by atoms with Gasteiger partial charge in [0.25, 0.3) is 0 Å². The van der Waals surface area contributed by atoms with E-state index >= 15 is 0 Å². The van der Waals surface area contributed by atoms with E-state index in [-0.39, 0.29) is 6.04 Å². The lowest BCUT2D eigenvalue weighted by atomic mass is 10.1. The van der Waals surface area contributed by atoms with Crippen molar-refractivity contribution in [2.45, 2.75) is 44.2 Å². The maximum atomic E-state index is 12.9. The van der Waals surface area contributed by atoms with Gasteiger partial charge in [-0.3, -0.25) is 4.68 Å². The summed E-state index contributed by atoms with van der Waals surface area (Å²) in [7, 11) is -3.46. The quantitative estimate of drug-likeness (QED) is 0.870. The predicted molar refractivity (Wildman–Crippen MR) is 84.9 cm³/mol. The van der Waals surface area contributed by atoms with Crippen molar-refractivity contribution < 1.29 is 8.42 Å². The number of benzene rings is 1. The lowest BCUT2D eigenvalue weighted by Gasteiger charge is -2.24. The van der Waals surface area contributed by atoms with Crippen molar-refractivity contribution in [3.63, 3.8) is 0 Å². The first-order chi connectivity index (χ1) is 10.5. The van der Waals surface area contributed by atoms with Crippen molar-refractivity contribution in [3.8, 4) is 0 Å². The third-order valence-corrected chi connectivity index (χ3v) is 6.14. The molecule has 1 aromatic carbocycles. The van der Waals surface area contributed by atoms with Gasteiger partial charge in [-0.25, -0.2) is 8.42 Å². The van der Waals surface area contributed by atoms with Crippen LogP contribution in [0.2, 0.25) is 0 Å². The topological polar surface area (TPSA) is 55.2 Å². The number of aromatic nitrogens is 2. The smallest absolute Gasteiger partial charge is 0.243 e. The molecule has 0 unspecified atom stereocenters. The van der Waals surface area contributed by atoms with Crippen LogP contribution in [0.1, 0.15) is 37.1 Å². The maximum absolute atomic E-state index is 12.9.